The van der Waals surface area contributed by atoms with Gasteiger partial charge in [0.25, 0.3) is 5.91 Å². The maximum atomic E-state index is 12.4. The Morgan fingerprint density at radius 1 is 1.08 bits per heavy atom. The lowest BCUT2D eigenvalue weighted by molar-refractivity contribution is -0.142. The highest BCUT2D eigenvalue weighted by Crippen LogP contribution is 2.15. The van der Waals surface area contributed by atoms with Crippen LogP contribution >= 0.6 is 11.8 Å². The Kier molecular flexibility index (Phi) is 8.02. The molecule has 0 aliphatic heterocycles. The lowest BCUT2D eigenvalue weighted by Gasteiger charge is -2.16. The van der Waals surface area contributed by atoms with Crippen molar-refractivity contribution in [1.82, 2.24) is 5.32 Å². The second kappa shape index (κ2) is 10.5. The Hall–Kier alpha value is -2.47. The summed E-state index contributed by atoms with van der Waals surface area (Å²) in [5.41, 5.74) is 1.54. The van der Waals surface area contributed by atoms with E-state index in [2.05, 4.69) is 5.32 Å². The van der Waals surface area contributed by atoms with Gasteiger partial charge in [-0.3, -0.25) is 4.79 Å². The number of nitrogens with one attached hydrogen (secondary N) is 1. The molecule has 0 bridgehead atoms. The second-order valence-corrected chi connectivity index (χ2v) is 6.61. The first-order valence-electron chi connectivity index (χ1n) is 8.28. The Balaban J connectivity index is 1.93. The van der Waals surface area contributed by atoms with Crippen LogP contribution in [0.2, 0.25) is 0 Å². The summed E-state index contributed by atoms with van der Waals surface area (Å²) in [6.45, 7) is 0.464. The van der Waals surface area contributed by atoms with E-state index in [1.54, 1.807) is 36.0 Å². The van der Waals surface area contributed by atoms with Crippen molar-refractivity contribution in [1.29, 1.82) is 0 Å². The topological polar surface area (TPSA) is 64.6 Å². The fraction of sp³-hybridized carbons (Fsp3) is 0.300. The smallest absolute Gasteiger partial charge is 0.328 e. The first kappa shape index (κ1) is 19.8. The monoisotopic (exact) mass is 373 g/mol. The van der Waals surface area contributed by atoms with E-state index >= 15 is 0 Å². The van der Waals surface area contributed by atoms with Crippen molar-refractivity contribution >= 4 is 23.6 Å². The Labute approximate surface area is 158 Å². The van der Waals surface area contributed by atoms with Gasteiger partial charge in [-0.2, -0.15) is 11.8 Å². The first-order valence-corrected chi connectivity index (χ1v) is 9.68. The van der Waals surface area contributed by atoms with Gasteiger partial charge in [0.1, 0.15) is 18.4 Å². The van der Waals surface area contributed by atoms with E-state index in [1.807, 2.05) is 36.6 Å². The van der Waals surface area contributed by atoms with Gasteiger partial charge in [-0.25, -0.2) is 4.79 Å². The molecule has 6 heteroatoms. The fourth-order valence-corrected chi connectivity index (χ4v) is 2.78. The van der Waals surface area contributed by atoms with Gasteiger partial charge >= 0.3 is 5.97 Å². The Bertz CT molecular complexity index is 704. The first-order chi connectivity index (χ1) is 12.6. The van der Waals surface area contributed by atoms with Crippen molar-refractivity contribution in [2.24, 2.45) is 0 Å². The molecule has 0 saturated heterocycles. The third kappa shape index (κ3) is 6.11. The molecule has 1 N–H and O–H groups in total. The molecule has 0 heterocycles. The molecule has 0 aromatic heterocycles. The van der Waals surface area contributed by atoms with Crippen LogP contribution in [0.5, 0.6) is 5.75 Å². The quantitative estimate of drug-likeness (QED) is 0.684. The molecule has 2 rings (SSSR count). The number of thioether (sulfide) groups is 1. The highest BCUT2D eigenvalue weighted by Gasteiger charge is 2.21. The van der Waals surface area contributed by atoms with E-state index in [9.17, 15) is 9.59 Å². The number of rotatable bonds is 9. The van der Waals surface area contributed by atoms with Crippen LogP contribution < -0.4 is 10.1 Å². The summed E-state index contributed by atoms with van der Waals surface area (Å²) in [7, 11) is 1.32. The average molecular weight is 373 g/mol. The average Bonchev–Trinajstić information content (AvgIpc) is 2.70. The van der Waals surface area contributed by atoms with Gasteiger partial charge in [0.2, 0.25) is 0 Å². The van der Waals surface area contributed by atoms with Crippen molar-refractivity contribution < 1.29 is 19.1 Å². The number of ether oxygens (including phenoxy) is 2. The zero-order chi connectivity index (χ0) is 18.8. The summed E-state index contributed by atoms with van der Waals surface area (Å²) >= 11 is 1.61. The molecule has 1 atom stereocenters. The number of carbonyl (C=O) groups excluding carboxylic acids is 2. The lowest BCUT2D eigenvalue weighted by Crippen LogP contribution is -2.41. The number of benzene rings is 2. The minimum absolute atomic E-state index is 0.309. The van der Waals surface area contributed by atoms with Crippen molar-refractivity contribution in [2.75, 3.05) is 19.1 Å². The summed E-state index contributed by atoms with van der Waals surface area (Å²) in [5, 5.41) is 2.73. The third-order valence-electron chi connectivity index (χ3n) is 3.77. The maximum absolute atomic E-state index is 12.4. The van der Waals surface area contributed by atoms with Crippen LogP contribution in [0.1, 0.15) is 22.3 Å². The van der Waals surface area contributed by atoms with E-state index in [1.165, 1.54) is 7.11 Å². The van der Waals surface area contributed by atoms with Gasteiger partial charge < -0.3 is 14.8 Å². The molecule has 0 fully saturated rings. The lowest BCUT2D eigenvalue weighted by atomic mass is 10.1. The molecule has 0 radical (unpaired) electrons. The van der Waals surface area contributed by atoms with Gasteiger partial charge in [0.05, 0.1) is 7.11 Å². The SMILES string of the molecule is COC(=O)[C@H](CCSC)NC(=O)c1ccc(OCc2ccccc2)cc1. The Morgan fingerprint density at radius 2 is 1.77 bits per heavy atom. The minimum atomic E-state index is -0.644. The number of amides is 1. The molecule has 2 aromatic rings. The number of methoxy groups -OCH3 is 1. The van der Waals surface area contributed by atoms with Crippen LogP contribution in [-0.4, -0.2) is 37.0 Å². The van der Waals surface area contributed by atoms with E-state index in [0.717, 1.165) is 11.3 Å². The van der Waals surface area contributed by atoms with Crippen molar-refractivity contribution in [2.45, 2.75) is 19.1 Å². The molecule has 5 nitrogen and oxygen atoms in total. The van der Waals surface area contributed by atoms with Gasteiger partial charge in [0, 0.05) is 5.56 Å². The van der Waals surface area contributed by atoms with Gasteiger partial charge in [-0.1, -0.05) is 30.3 Å². The van der Waals surface area contributed by atoms with Gasteiger partial charge in [-0.05, 0) is 48.3 Å². The zero-order valence-corrected chi connectivity index (χ0v) is 15.8. The number of hydrogen-bond donors (Lipinski definition) is 1. The number of carbonyl (C=O) groups is 2. The third-order valence-corrected chi connectivity index (χ3v) is 4.41. The largest absolute Gasteiger partial charge is 0.489 e. The van der Waals surface area contributed by atoms with Crippen LogP contribution in [0, 0.1) is 0 Å². The fourth-order valence-electron chi connectivity index (χ4n) is 2.31. The predicted octanol–water partition coefficient (Wildman–Crippen LogP) is 3.29. The molecule has 1 amide bonds. The van der Waals surface area contributed by atoms with E-state index < -0.39 is 12.0 Å². The molecule has 26 heavy (non-hydrogen) atoms. The van der Waals surface area contributed by atoms with Crippen LogP contribution in [0.4, 0.5) is 0 Å². The molecule has 0 spiro atoms. The molecule has 0 aliphatic rings. The van der Waals surface area contributed by atoms with Crippen molar-refractivity contribution in [3.63, 3.8) is 0 Å². The van der Waals surface area contributed by atoms with Gasteiger partial charge in [0.15, 0.2) is 0 Å². The molecule has 0 saturated carbocycles. The van der Waals surface area contributed by atoms with Crippen LogP contribution in [0.25, 0.3) is 0 Å². The van der Waals surface area contributed by atoms with Crippen molar-refractivity contribution in [3.8, 4) is 5.75 Å². The zero-order valence-electron chi connectivity index (χ0n) is 14.9. The minimum Gasteiger partial charge on any atom is -0.489 e. The standard InChI is InChI=1S/C20H23NO4S/c1-24-20(23)18(12-13-26-2)21-19(22)16-8-10-17(11-9-16)25-14-15-6-4-3-5-7-15/h3-11,18H,12-14H2,1-2H3,(H,21,22)/t18-/m0/s1. The summed E-state index contributed by atoms with van der Waals surface area (Å²) in [4.78, 5) is 24.2. The molecule has 0 aliphatic carbocycles. The van der Waals surface area contributed by atoms with Crippen LogP contribution in [0.3, 0.4) is 0 Å². The molecular weight excluding hydrogens is 350 g/mol. The normalized spacial score (nSPS) is 11.5. The van der Waals surface area contributed by atoms with Crippen molar-refractivity contribution in [3.05, 3.63) is 65.7 Å². The number of hydrogen-bond acceptors (Lipinski definition) is 5. The van der Waals surface area contributed by atoms with Crippen LogP contribution in [-0.2, 0) is 16.1 Å². The second-order valence-electron chi connectivity index (χ2n) is 5.63. The predicted molar refractivity (Wildman–Crippen MR) is 103 cm³/mol. The number of esters is 1. The Morgan fingerprint density at radius 3 is 2.38 bits per heavy atom. The van der Waals surface area contributed by atoms with Gasteiger partial charge in [-0.15, -0.1) is 0 Å². The van der Waals surface area contributed by atoms with E-state index in [0.29, 0.717) is 24.3 Å². The maximum Gasteiger partial charge on any atom is 0.328 e. The van der Waals surface area contributed by atoms with E-state index in [-0.39, 0.29) is 5.91 Å². The molecular formula is C20H23NO4S. The molecule has 2 aromatic carbocycles. The summed E-state index contributed by atoms with van der Waals surface area (Å²) in [6, 6.07) is 16.1. The highest BCUT2D eigenvalue weighted by atomic mass is 32.2. The van der Waals surface area contributed by atoms with E-state index in [4.69, 9.17) is 9.47 Å². The molecule has 0 unspecified atom stereocenters. The van der Waals surface area contributed by atoms with Crippen LogP contribution in [0.15, 0.2) is 54.6 Å². The summed E-state index contributed by atoms with van der Waals surface area (Å²) in [6.07, 6.45) is 2.47. The summed E-state index contributed by atoms with van der Waals surface area (Å²) in [5.74, 6) is 0.690. The molecule has 138 valence electrons. The summed E-state index contributed by atoms with van der Waals surface area (Å²) < 4.78 is 10.5. The highest BCUT2D eigenvalue weighted by molar-refractivity contribution is 7.98.